The fraction of sp³-hybridized carbons (Fsp3) is 0.435. The lowest BCUT2D eigenvalue weighted by atomic mass is 9.83. The van der Waals surface area contributed by atoms with Gasteiger partial charge < -0.3 is 10.1 Å². The minimum Gasteiger partial charge on any atom is -0.487 e. The molecule has 1 amide bonds. The quantitative estimate of drug-likeness (QED) is 0.690. The van der Waals surface area contributed by atoms with Crippen LogP contribution in [0.4, 0.5) is 10.1 Å². The van der Waals surface area contributed by atoms with Gasteiger partial charge in [-0.3, -0.25) is 9.10 Å². The van der Waals surface area contributed by atoms with Gasteiger partial charge >= 0.3 is 0 Å². The number of para-hydroxylation sites is 1. The molecule has 0 bridgehead atoms. The third-order valence-electron chi connectivity index (χ3n) is 5.97. The van der Waals surface area contributed by atoms with E-state index in [1.807, 2.05) is 24.3 Å². The summed E-state index contributed by atoms with van der Waals surface area (Å²) in [5.74, 6) is -0.185. The van der Waals surface area contributed by atoms with Gasteiger partial charge in [-0.25, -0.2) is 12.8 Å². The number of sulfonamides is 1. The van der Waals surface area contributed by atoms with Crippen LogP contribution in [0.15, 0.2) is 48.5 Å². The standard InChI is InChI=1S/C23H29FN2O4S/c1-5-23(6-2)15-20(19-9-7-8-10-21(19)30-23)25-22(27)16(3)26(31(4,28)29)18-13-11-17(24)12-14-18/h7-14,16,20H,5-6,15H2,1-4H3,(H,25,27). The summed E-state index contributed by atoms with van der Waals surface area (Å²) in [5, 5.41) is 3.03. The number of amides is 1. The number of rotatable bonds is 7. The molecule has 8 heteroatoms. The molecular formula is C23H29FN2O4S. The van der Waals surface area contributed by atoms with Crippen LogP contribution in [0.1, 0.15) is 51.6 Å². The molecule has 2 aromatic carbocycles. The Hall–Kier alpha value is -2.61. The zero-order chi connectivity index (χ0) is 22.8. The van der Waals surface area contributed by atoms with E-state index in [1.165, 1.54) is 31.2 Å². The molecular weight excluding hydrogens is 419 g/mol. The minimum atomic E-state index is -3.78. The summed E-state index contributed by atoms with van der Waals surface area (Å²) in [6.45, 7) is 5.63. The fourth-order valence-corrected chi connectivity index (χ4v) is 5.29. The van der Waals surface area contributed by atoms with E-state index in [4.69, 9.17) is 4.74 Å². The molecule has 1 aliphatic rings. The highest BCUT2D eigenvalue weighted by Crippen LogP contribution is 2.42. The van der Waals surface area contributed by atoms with Gasteiger partial charge in [0.2, 0.25) is 15.9 Å². The molecule has 2 unspecified atom stereocenters. The van der Waals surface area contributed by atoms with E-state index in [-0.39, 0.29) is 11.7 Å². The second-order valence-electron chi connectivity index (χ2n) is 8.01. The first kappa shape index (κ1) is 23.1. The molecule has 0 aromatic heterocycles. The summed E-state index contributed by atoms with van der Waals surface area (Å²) >= 11 is 0. The van der Waals surface area contributed by atoms with Gasteiger partial charge in [0.15, 0.2) is 0 Å². The molecule has 0 saturated carbocycles. The van der Waals surface area contributed by atoms with Crippen molar-refractivity contribution in [3.63, 3.8) is 0 Å². The predicted molar refractivity (Wildman–Crippen MR) is 119 cm³/mol. The van der Waals surface area contributed by atoms with Crippen LogP contribution in [0.2, 0.25) is 0 Å². The van der Waals surface area contributed by atoms with Crippen LogP contribution in [0.25, 0.3) is 0 Å². The second kappa shape index (κ2) is 8.86. The lowest BCUT2D eigenvalue weighted by molar-refractivity contribution is -0.123. The molecule has 1 heterocycles. The van der Waals surface area contributed by atoms with Crippen molar-refractivity contribution in [1.29, 1.82) is 0 Å². The monoisotopic (exact) mass is 448 g/mol. The Bertz CT molecular complexity index is 1040. The molecule has 6 nitrogen and oxygen atoms in total. The first-order valence-electron chi connectivity index (χ1n) is 10.4. The maximum atomic E-state index is 13.3. The number of ether oxygens (including phenoxy) is 1. The van der Waals surface area contributed by atoms with Crippen molar-refractivity contribution in [1.82, 2.24) is 5.32 Å². The molecule has 0 saturated heterocycles. The Morgan fingerprint density at radius 1 is 1.19 bits per heavy atom. The molecule has 2 aromatic rings. The van der Waals surface area contributed by atoms with Gasteiger partial charge in [-0.2, -0.15) is 0 Å². The number of fused-ring (bicyclic) bond motifs is 1. The number of nitrogens with zero attached hydrogens (tertiary/aromatic N) is 1. The maximum Gasteiger partial charge on any atom is 0.244 e. The highest BCUT2D eigenvalue weighted by Gasteiger charge is 2.40. The van der Waals surface area contributed by atoms with Gasteiger partial charge in [-0.05, 0) is 50.1 Å². The van der Waals surface area contributed by atoms with Gasteiger partial charge in [0.1, 0.15) is 23.2 Å². The Kier molecular flexibility index (Phi) is 6.59. The lowest BCUT2D eigenvalue weighted by Gasteiger charge is -2.42. The molecule has 1 N–H and O–H groups in total. The van der Waals surface area contributed by atoms with E-state index in [2.05, 4.69) is 19.2 Å². The summed E-state index contributed by atoms with van der Waals surface area (Å²) in [6, 6.07) is 11.3. The van der Waals surface area contributed by atoms with Crippen molar-refractivity contribution >= 4 is 21.6 Å². The number of benzene rings is 2. The van der Waals surface area contributed by atoms with Gasteiger partial charge in [0, 0.05) is 12.0 Å². The summed E-state index contributed by atoms with van der Waals surface area (Å²) in [7, 11) is -3.78. The lowest BCUT2D eigenvalue weighted by Crippen LogP contribution is -2.51. The van der Waals surface area contributed by atoms with Crippen molar-refractivity contribution < 1.29 is 22.3 Å². The van der Waals surface area contributed by atoms with E-state index < -0.39 is 33.4 Å². The van der Waals surface area contributed by atoms with E-state index in [0.717, 1.165) is 34.7 Å². The van der Waals surface area contributed by atoms with Gasteiger partial charge in [0.05, 0.1) is 18.0 Å². The topological polar surface area (TPSA) is 75.7 Å². The molecule has 0 spiro atoms. The SMILES string of the molecule is CCC1(CC)CC(NC(=O)C(C)N(c2ccc(F)cc2)S(C)(=O)=O)c2ccccc2O1. The normalized spacial score (nSPS) is 18.4. The average Bonchev–Trinajstić information content (AvgIpc) is 2.74. The molecule has 0 fully saturated rings. The summed E-state index contributed by atoms with van der Waals surface area (Å²) in [6.07, 6.45) is 3.18. The first-order valence-corrected chi connectivity index (χ1v) is 12.3. The van der Waals surface area contributed by atoms with Crippen LogP contribution >= 0.6 is 0 Å². The number of carbonyl (C=O) groups is 1. The van der Waals surface area contributed by atoms with Crippen molar-refractivity contribution in [3.8, 4) is 5.75 Å². The zero-order valence-corrected chi connectivity index (χ0v) is 19.1. The van der Waals surface area contributed by atoms with Crippen molar-refractivity contribution in [3.05, 3.63) is 59.9 Å². The van der Waals surface area contributed by atoms with Gasteiger partial charge in [-0.15, -0.1) is 0 Å². The van der Waals surface area contributed by atoms with Crippen molar-refractivity contribution in [2.45, 2.75) is 57.7 Å². The summed E-state index contributed by atoms with van der Waals surface area (Å²) in [5.41, 5.74) is 0.701. The number of carbonyl (C=O) groups excluding carboxylic acids is 1. The van der Waals surface area contributed by atoms with Crippen molar-refractivity contribution in [2.75, 3.05) is 10.6 Å². The van der Waals surface area contributed by atoms with E-state index in [9.17, 15) is 17.6 Å². The second-order valence-corrected chi connectivity index (χ2v) is 9.87. The van der Waals surface area contributed by atoms with Crippen LogP contribution in [0, 0.1) is 5.82 Å². The minimum absolute atomic E-state index is 0.232. The molecule has 1 aliphatic heterocycles. The van der Waals surface area contributed by atoms with Crippen LogP contribution < -0.4 is 14.4 Å². The fourth-order valence-electron chi connectivity index (χ4n) is 4.12. The third-order valence-corrected chi connectivity index (χ3v) is 7.21. The first-order chi connectivity index (χ1) is 14.6. The third kappa shape index (κ3) is 4.84. The Balaban J connectivity index is 1.90. The summed E-state index contributed by atoms with van der Waals surface area (Å²) in [4.78, 5) is 13.2. The van der Waals surface area contributed by atoms with Crippen LogP contribution in [0.5, 0.6) is 5.75 Å². The molecule has 31 heavy (non-hydrogen) atoms. The Labute approximate surface area is 183 Å². The zero-order valence-electron chi connectivity index (χ0n) is 18.3. The number of nitrogens with one attached hydrogen (secondary N) is 1. The molecule has 0 aliphatic carbocycles. The largest absolute Gasteiger partial charge is 0.487 e. The summed E-state index contributed by atoms with van der Waals surface area (Å²) < 4.78 is 45.6. The van der Waals surface area contributed by atoms with Crippen molar-refractivity contribution in [2.24, 2.45) is 0 Å². The Morgan fingerprint density at radius 3 is 2.39 bits per heavy atom. The number of anilines is 1. The number of hydrogen-bond acceptors (Lipinski definition) is 4. The van der Waals surface area contributed by atoms with E-state index in [0.29, 0.717) is 6.42 Å². The maximum absolute atomic E-state index is 13.3. The van der Waals surface area contributed by atoms with Crippen LogP contribution in [-0.4, -0.2) is 32.2 Å². The molecule has 0 radical (unpaired) electrons. The highest BCUT2D eigenvalue weighted by molar-refractivity contribution is 7.92. The van der Waals surface area contributed by atoms with E-state index in [1.54, 1.807) is 0 Å². The average molecular weight is 449 g/mol. The highest BCUT2D eigenvalue weighted by atomic mass is 32.2. The Morgan fingerprint density at radius 2 is 1.81 bits per heavy atom. The van der Waals surface area contributed by atoms with Gasteiger partial charge in [-0.1, -0.05) is 32.0 Å². The van der Waals surface area contributed by atoms with Crippen LogP contribution in [0.3, 0.4) is 0 Å². The predicted octanol–water partition coefficient (Wildman–Crippen LogP) is 4.18. The smallest absolute Gasteiger partial charge is 0.244 e. The van der Waals surface area contributed by atoms with Crippen LogP contribution in [-0.2, 0) is 14.8 Å². The molecule has 3 rings (SSSR count). The number of halogens is 1. The van der Waals surface area contributed by atoms with Gasteiger partial charge in [0.25, 0.3) is 0 Å². The molecule has 2 atom stereocenters. The number of hydrogen-bond donors (Lipinski definition) is 1. The molecule has 168 valence electrons. The van der Waals surface area contributed by atoms with E-state index >= 15 is 0 Å².